The van der Waals surface area contributed by atoms with Crippen molar-refractivity contribution in [3.8, 4) is 0 Å². The van der Waals surface area contributed by atoms with Gasteiger partial charge in [-0.15, -0.1) is 24.0 Å². The Labute approximate surface area is 158 Å². The molecule has 0 aromatic rings. The molecule has 0 radical (unpaired) electrons. The quantitative estimate of drug-likeness (QED) is 0.326. The summed E-state index contributed by atoms with van der Waals surface area (Å²) in [5.41, 5.74) is 0.0991. The number of rotatable bonds is 9. The average molecular weight is 442 g/mol. The molecule has 0 aromatic heterocycles. The van der Waals surface area contributed by atoms with Gasteiger partial charge in [-0.3, -0.25) is 4.79 Å². The van der Waals surface area contributed by atoms with E-state index >= 15 is 0 Å². The Morgan fingerprint density at radius 2 is 1.87 bits per heavy atom. The lowest BCUT2D eigenvalue weighted by Crippen LogP contribution is -2.44. The van der Waals surface area contributed by atoms with Crippen molar-refractivity contribution in [2.24, 2.45) is 16.3 Å². The number of methoxy groups -OCH3 is 1. The second kappa shape index (κ2) is 12.8. The van der Waals surface area contributed by atoms with Crippen molar-refractivity contribution < 1.29 is 9.53 Å². The van der Waals surface area contributed by atoms with Crippen LogP contribution in [0.15, 0.2) is 4.99 Å². The Balaban J connectivity index is 0. The molecule has 0 aliphatic rings. The Hall–Kier alpha value is -0.570. The fraction of sp³-hybridized carbons (Fsp3) is 0.875. The smallest absolute Gasteiger partial charge is 0.243 e. The summed E-state index contributed by atoms with van der Waals surface area (Å²) >= 11 is 0. The molecule has 0 unspecified atom stereocenters. The van der Waals surface area contributed by atoms with Crippen LogP contribution in [-0.2, 0) is 9.53 Å². The Bertz CT molecular complexity index is 358. The van der Waals surface area contributed by atoms with Gasteiger partial charge >= 0.3 is 0 Å². The first-order valence-electron chi connectivity index (χ1n) is 7.89. The zero-order valence-electron chi connectivity index (χ0n) is 15.7. The van der Waals surface area contributed by atoms with Gasteiger partial charge in [0.25, 0.3) is 0 Å². The van der Waals surface area contributed by atoms with Crippen LogP contribution >= 0.6 is 24.0 Å². The summed E-state index contributed by atoms with van der Waals surface area (Å²) in [6.07, 6.45) is 0.963. The number of hydrogen-bond donors (Lipinski definition) is 2. The van der Waals surface area contributed by atoms with Gasteiger partial charge in [-0.25, -0.2) is 4.99 Å². The van der Waals surface area contributed by atoms with Gasteiger partial charge in [0.05, 0.1) is 0 Å². The molecule has 0 spiro atoms. The third-order valence-electron chi connectivity index (χ3n) is 3.27. The summed E-state index contributed by atoms with van der Waals surface area (Å²) in [7, 11) is 5.19. The summed E-state index contributed by atoms with van der Waals surface area (Å²) in [5.74, 6) is 1.19. The maximum absolute atomic E-state index is 11.7. The van der Waals surface area contributed by atoms with Gasteiger partial charge in [-0.2, -0.15) is 0 Å². The molecule has 0 aliphatic carbocycles. The maximum Gasteiger partial charge on any atom is 0.243 e. The Morgan fingerprint density at radius 1 is 1.26 bits per heavy atom. The SMILES string of the molecule is COCCC(C)(C)CNC(=NCC(=O)N(C)C)NCC(C)C.I. The van der Waals surface area contributed by atoms with Gasteiger partial charge in [-0.05, 0) is 17.8 Å². The third-order valence-corrected chi connectivity index (χ3v) is 3.27. The number of likely N-dealkylation sites (N-methyl/N-ethyl adjacent to an activating group) is 1. The normalized spacial score (nSPS) is 11.9. The van der Waals surface area contributed by atoms with Gasteiger partial charge in [0, 0.05) is 40.9 Å². The van der Waals surface area contributed by atoms with Crippen LogP contribution in [0.3, 0.4) is 0 Å². The van der Waals surface area contributed by atoms with E-state index in [1.165, 1.54) is 0 Å². The molecule has 0 heterocycles. The second-order valence-corrected chi connectivity index (χ2v) is 6.99. The van der Waals surface area contributed by atoms with E-state index in [0.29, 0.717) is 11.9 Å². The molecule has 2 N–H and O–H groups in total. The number of amides is 1. The van der Waals surface area contributed by atoms with E-state index in [1.54, 1.807) is 26.1 Å². The van der Waals surface area contributed by atoms with Crippen LogP contribution in [0, 0.1) is 11.3 Å². The number of nitrogens with zero attached hydrogens (tertiary/aromatic N) is 2. The maximum atomic E-state index is 11.7. The van der Waals surface area contributed by atoms with Crippen LogP contribution < -0.4 is 10.6 Å². The monoisotopic (exact) mass is 442 g/mol. The van der Waals surface area contributed by atoms with Crippen LogP contribution in [0.1, 0.15) is 34.1 Å². The minimum absolute atomic E-state index is 0. The molecular formula is C16H35IN4O2. The molecule has 0 rings (SSSR count). The molecule has 23 heavy (non-hydrogen) atoms. The van der Waals surface area contributed by atoms with Crippen molar-refractivity contribution in [1.82, 2.24) is 15.5 Å². The fourth-order valence-corrected chi connectivity index (χ4v) is 1.55. The van der Waals surface area contributed by atoms with E-state index in [0.717, 1.165) is 26.1 Å². The van der Waals surface area contributed by atoms with Gasteiger partial charge < -0.3 is 20.3 Å². The fourth-order valence-electron chi connectivity index (χ4n) is 1.55. The van der Waals surface area contributed by atoms with E-state index < -0.39 is 0 Å². The highest BCUT2D eigenvalue weighted by Crippen LogP contribution is 2.18. The highest BCUT2D eigenvalue weighted by atomic mass is 127. The first kappa shape index (κ1) is 24.7. The van der Waals surface area contributed by atoms with Crippen LogP contribution in [0.4, 0.5) is 0 Å². The molecule has 7 heteroatoms. The molecule has 0 fully saturated rings. The van der Waals surface area contributed by atoms with Crippen molar-refractivity contribution in [3.63, 3.8) is 0 Å². The van der Waals surface area contributed by atoms with E-state index in [-0.39, 0.29) is 41.8 Å². The number of halogens is 1. The summed E-state index contributed by atoms with van der Waals surface area (Å²) in [6, 6.07) is 0. The van der Waals surface area contributed by atoms with E-state index in [1.807, 2.05) is 0 Å². The van der Waals surface area contributed by atoms with Crippen molar-refractivity contribution in [2.75, 3.05) is 47.4 Å². The second-order valence-electron chi connectivity index (χ2n) is 6.99. The van der Waals surface area contributed by atoms with Crippen molar-refractivity contribution >= 4 is 35.8 Å². The lowest BCUT2D eigenvalue weighted by atomic mass is 9.90. The predicted molar refractivity (Wildman–Crippen MR) is 108 cm³/mol. The lowest BCUT2D eigenvalue weighted by Gasteiger charge is -2.26. The molecule has 0 aromatic carbocycles. The summed E-state index contributed by atoms with van der Waals surface area (Å²) in [4.78, 5) is 17.6. The molecule has 1 amide bonds. The van der Waals surface area contributed by atoms with Gasteiger partial charge in [0.2, 0.25) is 5.91 Å². The molecule has 138 valence electrons. The molecule has 0 aliphatic heterocycles. The van der Waals surface area contributed by atoms with Gasteiger partial charge in [0.15, 0.2) is 5.96 Å². The van der Waals surface area contributed by atoms with Crippen LogP contribution in [0.2, 0.25) is 0 Å². The summed E-state index contributed by atoms with van der Waals surface area (Å²) in [5, 5.41) is 6.61. The minimum atomic E-state index is -0.00992. The molecule has 0 saturated heterocycles. The zero-order chi connectivity index (χ0) is 17.2. The zero-order valence-corrected chi connectivity index (χ0v) is 18.1. The third kappa shape index (κ3) is 13.6. The number of nitrogens with one attached hydrogen (secondary N) is 2. The van der Waals surface area contributed by atoms with Crippen molar-refractivity contribution in [1.29, 1.82) is 0 Å². The first-order valence-corrected chi connectivity index (χ1v) is 7.89. The molecule has 6 nitrogen and oxygen atoms in total. The molecular weight excluding hydrogens is 407 g/mol. The molecule has 0 saturated carbocycles. The number of ether oxygens (including phenoxy) is 1. The van der Waals surface area contributed by atoms with Gasteiger partial charge in [0.1, 0.15) is 6.54 Å². The number of guanidine groups is 1. The lowest BCUT2D eigenvalue weighted by molar-refractivity contribution is -0.127. The van der Waals surface area contributed by atoms with Crippen LogP contribution in [0.5, 0.6) is 0 Å². The van der Waals surface area contributed by atoms with E-state index in [2.05, 4.69) is 43.3 Å². The highest BCUT2D eigenvalue weighted by molar-refractivity contribution is 14.0. The minimum Gasteiger partial charge on any atom is -0.385 e. The number of aliphatic imine (C=N–C) groups is 1. The van der Waals surface area contributed by atoms with Gasteiger partial charge in [-0.1, -0.05) is 27.7 Å². The summed E-state index contributed by atoms with van der Waals surface area (Å²) in [6.45, 7) is 11.1. The van der Waals surface area contributed by atoms with E-state index in [4.69, 9.17) is 4.74 Å². The first-order chi connectivity index (χ1) is 10.2. The largest absolute Gasteiger partial charge is 0.385 e. The Kier molecular flexibility index (Phi) is 13.7. The summed E-state index contributed by atoms with van der Waals surface area (Å²) < 4.78 is 5.14. The van der Waals surface area contributed by atoms with Crippen molar-refractivity contribution in [2.45, 2.75) is 34.1 Å². The average Bonchev–Trinajstić information content (AvgIpc) is 2.43. The number of hydrogen-bond acceptors (Lipinski definition) is 3. The standard InChI is InChI=1S/C16H34N4O2.HI/c1-13(2)10-17-15(18-11-14(21)20(5)6)19-12-16(3,4)8-9-22-7;/h13H,8-12H2,1-7H3,(H2,17,18,19);1H. The topological polar surface area (TPSA) is 66.0 Å². The van der Waals surface area contributed by atoms with Crippen LogP contribution in [0.25, 0.3) is 0 Å². The number of carbonyl (C=O) groups is 1. The van der Waals surface area contributed by atoms with E-state index in [9.17, 15) is 4.79 Å². The Morgan fingerprint density at radius 3 is 2.35 bits per heavy atom. The number of carbonyl (C=O) groups excluding carboxylic acids is 1. The predicted octanol–water partition coefficient (Wildman–Crippen LogP) is 1.95. The molecule has 0 atom stereocenters. The highest BCUT2D eigenvalue weighted by Gasteiger charge is 2.18. The molecule has 0 bridgehead atoms. The van der Waals surface area contributed by atoms with Crippen molar-refractivity contribution in [3.05, 3.63) is 0 Å². The van der Waals surface area contributed by atoms with Crippen LogP contribution in [-0.4, -0.2) is 64.2 Å².